The highest BCUT2D eigenvalue weighted by molar-refractivity contribution is 6.25. The van der Waals surface area contributed by atoms with Gasteiger partial charge in [0.15, 0.2) is 0 Å². The lowest BCUT2D eigenvalue weighted by molar-refractivity contribution is 0.180. The van der Waals surface area contributed by atoms with Crippen LogP contribution in [0.25, 0.3) is 0 Å². The molecule has 0 aromatic rings. The van der Waals surface area contributed by atoms with E-state index in [1.165, 1.54) is 11.1 Å². The van der Waals surface area contributed by atoms with Crippen LogP contribution in [0.2, 0.25) is 0 Å². The van der Waals surface area contributed by atoms with Gasteiger partial charge in [0, 0.05) is 11.8 Å². The van der Waals surface area contributed by atoms with Crippen LogP contribution in [-0.4, -0.2) is 11.3 Å². The van der Waals surface area contributed by atoms with Crippen LogP contribution < -0.4 is 0 Å². The standard InChI is InChI=1S/C10H16Cl2/c1-6(2)8-7(5-11)10(3,4)9(8)12/h7,9H,5H2,1-4H3. The molecule has 0 bridgehead atoms. The maximum absolute atomic E-state index is 6.26. The first kappa shape index (κ1) is 10.4. The van der Waals surface area contributed by atoms with Gasteiger partial charge < -0.3 is 0 Å². The van der Waals surface area contributed by atoms with Crippen LogP contribution in [0, 0.1) is 11.3 Å². The fraction of sp³-hybridized carbons (Fsp3) is 0.800. The third-order valence-electron chi connectivity index (χ3n) is 2.93. The van der Waals surface area contributed by atoms with Crippen molar-refractivity contribution in [1.82, 2.24) is 0 Å². The molecule has 2 atom stereocenters. The number of hydrogen-bond donors (Lipinski definition) is 0. The second kappa shape index (κ2) is 3.23. The lowest BCUT2D eigenvalue weighted by Gasteiger charge is -2.52. The smallest absolute Gasteiger partial charge is 0.0608 e. The molecule has 0 amide bonds. The number of allylic oxidation sites excluding steroid dienone is 2. The molecule has 1 rings (SSSR count). The molecule has 12 heavy (non-hydrogen) atoms. The molecule has 0 saturated heterocycles. The van der Waals surface area contributed by atoms with E-state index < -0.39 is 0 Å². The molecule has 1 fully saturated rings. The Labute approximate surface area is 84.9 Å². The lowest BCUT2D eigenvalue weighted by atomic mass is 9.58. The molecule has 0 aliphatic heterocycles. The minimum absolute atomic E-state index is 0.176. The van der Waals surface area contributed by atoms with Crippen molar-refractivity contribution >= 4 is 23.2 Å². The first-order chi connectivity index (χ1) is 5.42. The molecule has 0 heterocycles. The number of alkyl halides is 2. The Bertz CT molecular complexity index is 212. The monoisotopic (exact) mass is 206 g/mol. The van der Waals surface area contributed by atoms with Gasteiger partial charge in [-0.05, 0) is 24.8 Å². The molecule has 1 aliphatic rings. The molecule has 0 aromatic heterocycles. The summed E-state index contributed by atoms with van der Waals surface area (Å²) >= 11 is 12.2. The van der Waals surface area contributed by atoms with Crippen molar-refractivity contribution in [3.05, 3.63) is 11.1 Å². The van der Waals surface area contributed by atoms with Crippen LogP contribution in [0.1, 0.15) is 27.7 Å². The van der Waals surface area contributed by atoms with E-state index >= 15 is 0 Å². The topological polar surface area (TPSA) is 0 Å². The van der Waals surface area contributed by atoms with E-state index in [1.807, 2.05) is 0 Å². The van der Waals surface area contributed by atoms with E-state index in [0.717, 1.165) is 0 Å². The summed E-state index contributed by atoms with van der Waals surface area (Å²) in [5.41, 5.74) is 2.87. The second-order valence-electron chi connectivity index (χ2n) is 4.35. The van der Waals surface area contributed by atoms with Gasteiger partial charge in [-0.25, -0.2) is 0 Å². The Kier molecular flexibility index (Phi) is 2.80. The first-order valence-corrected chi connectivity index (χ1v) is 5.27. The fourth-order valence-corrected chi connectivity index (χ4v) is 3.03. The first-order valence-electron chi connectivity index (χ1n) is 4.30. The Hall–Kier alpha value is 0.320. The molecule has 2 heteroatoms. The molecular formula is C10H16Cl2. The normalized spacial score (nSPS) is 33.0. The van der Waals surface area contributed by atoms with Crippen LogP contribution in [0.4, 0.5) is 0 Å². The average molecular weight is 207 g/mol. The van der Waals surface area contributed by atoms with Crippen molar-refractivity contribution < 1.29 is 0 Å². The minimum atomic E-state index is 0.176. The van der Waals surface area contributed by atoms with Gasteiger partial charge in [0.1, 0.15) is 0 Å². The van der Waals surface area contributed by atoms with Gasteiger partial charge in [-0.15, -0.1) is 23.2 Å². The zero-order chi connectivity index (χ0) is 9.52. The van der Waals surface area contributed by atoms with Gasteiger partial charge in [0.05, 0.1) is 5.38 Å². The molecule has 1 saturated carbocycles. The predicted molar refractivity (Wildman–Crippen MR) is 56.0 cm³/mol. The fourth-order valence-electron chi connectivity index (χ4n) is 1.94. The van der Waals surface area contributed by atoms with Crippen LogP contribution >= 0.6 is 23.2 Å². The summed E-state index contributed by atoms with van der Waals surface area (Å²) in [5, 5.41) is 0.186. The van der Waals surface area contributed by atoms with Crippen molar-refractivity contribution in [3.8, 4) is 0 Å². The molecular weight excluding hydrogens is 191 g/mol. The molecule has 0 radical (unpaired) electrons. The number of rotatable bonds is 1. The van der Waals surface area contributed by atoms with E-state index in [1.54, 1.807) is 0 Å². The highest BCUT2D eigenvalue weighted by Gasteiger charge is 2.51. The summed E-state index contributed by atoms with van der Waals surface area (Å²) in [6.45, 7) is 8.59. The van der Waals surface area contributed by atoms with Crippen molar-refractivity contribution in [1.29, 1.82) is 0 Å². The highest BCUT2D eigenvalue weighted by Crippen LogP contribution is 2.55. The van der Waals surface area contributed by atoms with Crippen LogP contribution in [0.5, 0.6) is 0 Å². The highest BCUT2D eigenvalue weighted by atomic mass is 35.5. The summed E-state index contributed by atoms with van der Waals surface area (Å²) in [6.07, 6.45) is 0. The number of hydrogen-bond acceptors (Lipinski definition) is 0. The summed E-state index contributed by atoms with van der Waals surface area (Å²) in [7, 11) is 0. The predicted octanol–water partition coefficient (Wildman–Crippen LogP) is 3.83. The molecule has 1 aliphatic carbocycles. The Morgan fingerprint density at radius 1 is 1.42 bits per heavy atom. The Balaban J connectivity index is 2.91. The third-order valence-corrected chi connectivity index (χ3v) is 4.04. The van der Waals surface area contributed by atoms with Crippen LogP contribution in [-0.2, 0) is 0 Å². The summed E-state index contributed by atoms with van der Waals surface area (Å²) < 4.78 is 0. The van der Waals surface area contributed by atoms with Gasteiger partial charge in [-0.1, -0.05) is 19.4 Å². The van der Waals surface area contributed by atoms with Crippen LogP contribution in [0.15, 0.2) is 11.1 Å². The molecule has 0 spiro atoms. The lowest BCUT2D eigenvalue weighted by Crippen LogP contribution is -2.50. The maximum Gasteiger partial charge on any atom is 0.0608 e. The van der Waals surface area contributed by atoms with Crippen molar-refractivity contribution in [2.45, 2.75) is 33.1 Å². The van der Waals surface area contributed by atoms with E-state index in [2.05, 4.69) is 27.7 Å². The van der Waals surface area contributed by atoms with Crippen molar-refractivity contribution in [2.75, 3.05) is 5.88 Å². The summed E-state index contributed by atoms with van der Waals surface area (Å²) in [4.78, 5) is 0. The van der Waals surface area contributed by atoms with E-state index in [4.69, 9.17) is 23.2 Å². The van der Waals surface area contributed by atoms with E-state index in [0.29, 0.717) is 11.8 Å². The second-order valence-corrected chi connectivity index (χ2v) is 5.09. The zero-order valence-electron chi connectivity index (χ0n) is 8.12. The van der Waals surface area contributed by atoms with Gasteiger partial charge in [-0.3, -0.25) is 0 Å². The minimum Gasteiger partial charge on any atom is -0.126 e. The van der Waals surface area contributed by atoms with Crippen molar-refractivity contribution in [2.24, 2.45) is 11.3 Å². The zero-order valence-corrected chi connectivity index (χ0v) is 9.63. The largest absolute Gasteiger partial charge is 0.126 e. The van der Waals surface area contributed by atoms with E-state index in [-0.39, 0.29) is 10.8 Å². The van der Waals surface area contributed by atoms with Gasteiger partial charge >= 0.3 is 0 Å². The number of halogens is 2. The maximum atomic E-state index is 6.26. The SMILES string of the molecule is CC(C)=C1C(Cl)C(C)(C)C1CCl. The van der Waals surface area contributed by atoms with Gasteiger partial charge in [-0.2, -0.15) is 0 Å². The van der Waals surface area contributed by atoms with Gasteiger partial charge in [0.25, 0.3) is 0 Å². The average Bonchev–Trinajstić information content (AvgIpc) is 1.97. The molecule has 0 nitrogen and oxygen atoms in total. The molecule has 0 N–H and O–H groups in total. The quantitative estimate of drug-likeness (QED) is 0.452. The van der Waals surface area contributed by atoms with E-state index in [9.17, 15) is 0 Å². The summed E-state index contributed by atoms with van der Waals surface area (Å²) in [5.74, 6) is 1.17. The Morgan fingerprint density at radius 3 is 2.17 bits per heavy atom. The Morgan fingerprint density at radius 2 is 1.92 bits per heavy atom. The molecule has 70 valence electrons. The van der Waals surface area contributed by atoms with Crippen molar-refractivity contribution in [3.63, 3.8) is 0 Å². The van der Waals surface area contributed by atoms with Gasteiger partial charge in [0.2, 0.25) is 0 Å². The molecule has 0 aromatic carbocycles. The molecule has 2 unspecified atom stereocenters. The van der Waals surface area contributed by atoms with Crippen LogP contribution in [0.3, 0.4) is 0 Å². The summed E-state index contributed by atoms with van der Waals surface area (Å²) in [6, 6.07) is 0. The third kappa shape index (κ3) is 1.29.